The number of hydrogen-bond donors (Lipinski definition) is 3. The summed E-state index contributed by atoms with van der Waals surface area (Å²) in [6.45, 7) is 0.212. The summed E-state index contributed by atoms with van der Waals surface area (Å²) < 4.78 is 40.9. The zero-order chi connectivity index (χ0) is 26.3. The minimum atomic E-state index is -4.01. The van der Waals surface area contributed by atoms with Gasteiger partial charge in [0.1, 0.15) is 17.8 Å². The van der Waals surface area contributed by atoms with E-state index in [2.05, 4.69) is 10.3 Å². The van der Waals surface area contributed by atoms with Crippen molar-refractivity contribution in [1.82, 2.24) is 14.9 Å². The first kappa shape index (κ1) is 24.5. The van der Waals surface area contributed by atoms with Crippen LogP contribution in [0, 0.1) is 5.82 Å². The Morgan fingerprint density at radius 3 is 2.59 bits per heavy atom. The Labute approximate surface area is 212 Å². The number of benzene rings is 3. The van der Waals surface area contributed by atoms with Crippen molar-refractivity contribution in [1.29, 1.82) is 0 Å². The quantitative estimate of drug-likeness (QED) is 0.369. The Bertz CT molecular complexity index is 1670. The van der Waals surface area contributed by atoms with Crippen LogP contribution in [0.25, 0.3) is 16.8 Å². The summed E-state index contributed by atoms with van der Waals surface area (Å²) in [5.41, 5.74) is 7.97. The smallest absolute Gasteiger partial charge is 0.248 e. The average molecular weight is 520 g/mol. The van der Waals surface area contributed by atoms with Gasteiger partial charge in [0, 0.05) is 41.4 Å². The molecular formula is C26H22FN5O4S. The van der Waals surface area contributed by atoms with E-state index in [1.54, 1.807) is 47.0 Å². The Morgan fingerprint density at radius 2 is 1.86 bits per heavy atom. The first-order chi connectivity index (χ1) is 17.6. The molecule has 4 aromatic rings. The summed E-state index contributed by atoms with van der Waals surface area (Å²) in [5.74, 6) is -1.44. The number of primary sulfonamides is 1. The zero-order valence-electron chi connectivity index (χ0n) is 19.4. The molecule has 0 saturated carbocycles. The number of Topliss-reactive ketones (excluding diaryl/α,β-unsaturated/α-hetero) is 1. The number of hydrogen-bond acceptors (Lipinski definition) is 6. The van der Waals surface area contributed by atoms with Crippen LogP contribution in [0.5, 0.6) is 0 Å². The fourth-order valence-electron chi connectivity index (χ4n) is 4.54. The third-order valence-corrected chi connectivity index (χ3v) is 7.27. The van der Waals surface area contributed by atoms with Gasteiger partial charge in [-0.2, -0.15) is 0 Å². The monoisotopic (exact) mass is 519 g/mol. The van der Waals surface area contributed by atoms with Crippen LogP contribution in [0.1, 0.15) is 44.6 Å². The van der Waals surface area contributed by atoms with Crippen LogP contribution in [0.4, 0.5) is 4.39 Å². The molecule has 0 fully saturated rings. The summed E-state index contributed by atoms with van der Waals surface area (Å²) in [7, 11) is -4.01. The predicted molar refractivity (Wildman–Crippen MR) is 134 cm³/mol. The summed E-state index contributed by atoms with van der Waals surface area (Å²) in [4.78, 5) is 29.2. The molecule has 2 heterocycles. The highest BCUT2D eigenvalue weighted by atomic mass is 32.2. The van der Waals surface area contributed by atoms with Crippen LogP contribution in [-0.4, -0.2) is 29.7 Å². The van der Waals surface area contributed by atoms with Crippen LogP contribution in [0.2, 0.25) is 0 Å². The second-order valence-corrected chi connectivity index (χ2v) is 10.2. The van der Waals surface area contributed by atoms with E-state index < -0.39 is 27.8 Å². The molecule has 1 aliphatic heterocycles. The van der Waals surface area contributed by atoms with E-state index in [4.69, 9.17) is 10.9 Å². The van der Waals surface area contributed by atoms with Crippen LogP contribution in [-0.2, 0) is 16.6 Å². The topological polar surface area (TPSA) is 150 Å². The maximum atomic E-state index is 15.3. The molecule has 3 aromatic carbocycles. The van der Waals surface area contributed by atoms with E-state index >= 15 is 4.39 Å². The first-order valence-electron chi connectivity index (χ1n) is 11.3. The maximum absolute atomic E-state index is 15.3. The molecular weight excluding hydrogens is 497 g/mol. The van der Waals surface area contributed by atoms with Crippen LogP contribution < -0.4 is 16.2 Å². The Kier molecular flexibility index (Phi) is 6.20. The lowest BCUT2D eigenvalue weighted by Gasteiger charge is -2.18. The van der Waals surface area contributed by atoms with Crippen LogP contribution >= 0.6 is 0 Å². The van der Waals surface area contributed by atoms with Crippen molar-refractivity contribution >= 4 is 21.7 Å². The van der Waals surface area contributed by atoms with Gasteiger partial charge in [-0.05, 0) is 35.9 Å². The number of nitrogens with two attached hydrogens (primary N) is 2. The highest BCUT2D eigenvalue weighted by Gasteiger charge is 2.29. The van der Waals surface area contributed by atoms with E-state index in [0.717, 1.165) is 0 Å². The molecule has 0 radical (unpaired) electrons. The van der Waals surface area contributed by atoms with Gasteiger partial charge in [-0.1, -0.05) is 36.4 Å². The normalized spacial score (nSPS) is 15.7. The third kappa shape index (κ3) is 4.67. The van der Waals surface area contributed by atoms with E-state index in [1.807, 2.05) is 0 Å². The molecule has 1 aliphatic rings. The number of fused-ring (bicyclic) bond motifs is 1. The van der Waals surface area contributed by atoms with Gasteiger partial charge in [0.25, 0.3) is 0 Å². The van der Waals surface area contributed by atoms with Crippen LogP contribution in [0.15, 0.2) is 78.0 Å². The molecule has 1 unspecified atom stereocenters. The molecule has 1 amide bonds. The average Bonchev–Trinajstić information content (AvgIpc) is 3.23. The molecule has 0 bridgehead atoms. The summed E-state index contributed by atoms with van der Waals surface area (Å²) in [6, 6.07) is 16.4. The highest BCUT2D eigenvalue weighted by Crippen LogP contribution is 2.32. The van der Waals surface area contributed by atoms with Crippen molar-refractivity contribution < 1.29 is 22.4 Å². The number of imidazole rings is 1. The van der Waals surface area contributed by atoms with Crippen LogP contribution in [0.3, 0.4) is 0 Å². The minimum Gasteiger partial charge on any atom is -0.366 e. The minimum absolute atomic E-state index is 0.0434. The van der Waals surface area contributed by atoms with Crippen molar-refractivity contribution in [3.8, 4) is 16.8 Å². The van der Waals surface area contributed by atoms with Crippen molar-refractivity contribution in [3.63, 3.8) is 0 Å². The lowest BCUT2D eigenvalue weighted by Crippen LogP contribution is -2.21. The highest BCUT2D eigenvalue weighted by molar-refractivity contribution is 7.89. The van der Waals surface area contributed by atoms with Gasteiger partial charge < -0.3 is 11.1 Å². The number of rotatable bonds is 5. The molecule has 0 saturated heterocycles. The van der Waals surface area contributed by atoms with Crippen molar-refractivity contribution in [2.75, 3.05) is 0 Å². The fraction of sp³-hybridized carbons (Fsp3) is 0.115. The molecule has 0 aliphatic carbocycles. The number of carbonyl (C=O) groups is 2. The molecule has 9 nitrogen and oxygen atoms in total. The number of sulfonamides is 1. The number of halogens is 1. The SMILES string of the molecule is NC(=O)c1cccc(-n2cnc3c2C(=O)CC(c2ccc(-c4ccccc4S(N)(=O)=O)cc2F)NC3)c1. The van der Waals surface area contributed by atoms with E-state index in [1.165, 1.54) is 30.6 Å². The van der Waals surface area contributed by atoms with Gasteiger partial charge in [-0.25, -0.2) is 22.9 Å². The summed E-state index contributed by atoms with van der Waals surface area (Å²) >= 11 is 0. The lowest BCUT2D eigenvalue weighted by atomic mass is 9.97. The second-order valence-electron chi connectivity index (χ2n) is 8.66. The number of nitrogens with zero attached hydrogens (tertiary/aromatic N) is 2. The van der Waals surface area contributed by atoms with Crippen molar-refractivity contribution in [2.45, 2.75) is 23.9 Å². The second kappa shape index (κ2) is 9.36. The fourth-order valence-corrected chi connectivity index (χ4v) is 5.30. The summed E-state index contributed by atoms with van der Waals surface area (Å²) in [6.07, 6.45) is 1.46. The maximum Gasteiger partial charge on any atom is 0.248 e. The van der Waals surface area contributed by atoms with E-state index in [-0.39, 0.29) is 34.8 Å². The van der Waals surface area contributed by atoms with Crippen molar-refractivity contribution in [2.24, 2.45) is 10.9 Å². The molecule has 1 aromatic heterocycles. The Morgan fingerprint density at radius 1 is 1.08 bits per heavy atom. The van der Waals surface area contributed by atoms with E-state index in [0.29, 0.717) is 28.2 Å². The number of amides is 1. The number of primary amides is 1. The van der Waals surface area contributed by atoms with Gasteiger partial charge >= 0.3 is 0 Å². The van der Waals surface area contributed by atoms with Gasteiger partial charge in [0.2, 0.25) is 15.9 Å². The molecule has 5 N–H and O–H groups in total. The number of aromatic nitrogens is 2. The van der Waals surface area contributed by atoms with Gasteiger partial charge in [0.05, 0.1) is 10.6 Å². The Balaban J connectivity index is 1.46. The number of ketones is 1. The standard InChI is InChI=1S/C26H22FN5O4S/c27-20-11-15(18-6-1-2-7-24(18)37(29,35)36)8-9-19(20)21-12-23(33)25-22(13-30-21)31-14-32(25)17-5-3-4-16(10-17)26(28)34/h1-11,14,21,30H,12-13H2,(H2,28,34)(H2,29,35,36). The third-order valence-electron chi connectivity index (χ3n) is 6.30. The number of nitrogens with one attached hydrogen (secondary N) is 1. The molecule has 188 valence electrons. The van der Waals surface area contributed by atoms with Gasteiger partial charge in [-0.3, -0.25) is 14.2 Å². The molecule has 5 rings (SSSR count). The number of carbonyl (C=O) groups excluding carboxylic acids is 2. The molecule has 1 atom stereocenters. The first-order valence-corrected chi connectivity index (χ1v) is 12.8. The van der Waals surface area contributed by atoms with E-state index in [9.17, 15) is 18.0 Å². The lowest BCUT2D eigenvalue weighted by molar-refractivity contribution is 0.0964. The van der Waals surface area contributed by atoms with Gasteiger partial charge in [-0.15, -0.1) is 0 Å². The predicted octanol–water partition coefficient (Wildman–Crippen LogP) is 2.84. The zero-order valence-corrected chi connectivity index (χ0v) is 20.2. The largest absolute Gasteiger partial charge is 0.366 e. The van der Waals surface area contributed by atoms with Crippen molar-refractivity contribution in [3.05, 3.63) is 101 Å². The Hall–Kier alpha value is -4.19. The summed E-state index contributed by atoms with van der Waals surface area (Å²) in [5, 5.41) is 8.51. The van der Waals surface area contributed by atoms with Gasteiger partial charge in [0.15, 0.2) is 5.78 Å². The molecule has 0 spiro atoms. The molecule has 37 heavy (non-hydrogen) atoms. The molecule has 11 heteroatoms.